The minimum Gasteiger partial charge on any atom is -0.285 e. The Morgan fingerprint density at radius 1 is 1.08 bits per heavy atom. The van der Waals surface area contributed by atoms with Crippen molar-refractivity contribution in [1.82, 2.24) is 24.6 Å². The van der Waals surface area contributed by atoms with Gasteiger partial charge in [-0.2, -0.15) is 9.61 Å². The van der Waals surface area contributed by atoms with Crippen molar-refractivity contribution in [3.05, 3.63) is 77.1 Å². The number of nitrogens with one attached hydrogen (secondary N) is 1. The van der Waals surface area contributed by atoms with Crippen LogP contribution >= 0.6 is 11.8 Å². The Kier molecular flexibility index (Phi) is 3.84. The number of hydrogen-bond acceptors (Lipinski definition) is 5. The van der Waals surface area contributed by atoms with Crippen LogP contribution in [0.5, 0.6) is 0 Å². The number of benzene rings is 1. The van der Waals surface area contributed by atoms with Gasteiger partial charge in [0, 0.05) is 17.5 Å². The molecule has 0 bridgehead atoms. The third-order valence-electron chi connectivity index (χ3n) is 3.53. The number of rotatable bonds is 4. The Labute approximate surface area is 141 Å². The molecular formula is C17H13N5OS. The number of nitrogens with zero attached hydrogens (tertiary/aromatic N) is 4. The molecule has 0 fully saturated rings. The van der Waals surface area contributed by atoms with E-state index in [1.165, 1.54) is 16.3 Å². The number of thioether (sulfide) groups is 1. The zero-order valence-electron chi connectivity index (χ0n) is 12.6. The highest BCUT2D eigenvalue weighted by Gasteiger charge is 2.12. The van der Waals surface area contributed by atoms with E-state index >= 15 is 0 Å². The summed E-state index contributed by atoms with van der Waals surface area (Å²) in [5.74, 6) is 0.634. The maximum absolute atomic E-state index is 12.2. The van der Waals surface area contributed by atoms with Gasteiger partial charge in [-0.3, -0.25) is 9.97 Å². The third-order valence-corrected chi connectivity index (χ3v) is 4.43. The summed E-state index contributed by atoms with van der Waals surface area (Å²) in [6.45, 7) is 0. The highest BCUT2D eigenvalue weighted by Crippen LogP contribution is 2.24. The van der Waals surface area contributed by atoms with Gasteiger partial charge in [0.05, 0.1) is 11.9 Å². The van der Waals surface area contributed by atoms with Crippen molar-refractivity contribution in [2.24, 2.45) is 0 Å². The SMILES string of the molecule is O=c1[nH]c(SCc2ccccn2)nc2c(-c3ccccc3)cnn12. The van der Waals surface area contributed by atoms with Crippen molar-refractivity contribution in [3.63, 3.8) is 0 Å². The fraction of sp³-hybridized carbons (Fsp3) is 0.0588. The van der Waals surface area contributed by atoms with Crippen molar-refractivity contribution < 1.29 is 0 Å². The molecule has 24 heavy (non-hydrogen) atoms. The molecule has 7 heteroatoms. The van der Waals surface area contributed by atoms with Crippen LogP contribution in [0, 0.1) is 0 Å². The summed E-state index contributed by atoms with van der Waals surface area (Å²) in [4.78, 5) is 23.8. The molecule has 0 aliphatic rings. The van der Waals surface area contributed by atoms with Gasteiger partial charge in [0.2, 0.25) is 0 Å². The lowest BCUT2D eigenvalue weighted by Gasteiger charge is -2.03. The molecule has 3 heterocycles. The normalized spacial score (nSPS) is 11.0. The minimum absolute atomic E-state index is 0.300. The molecule has 0 spiro atoms. The number of H-pyrrole nitrogens is 1. The molecule has 4 rings (SSSR count). The zero-order chi connectivity index (χ0) is 16.4. The number of pyridine rings is 1. The van der Waals surface area contributed by atoms with Gasteiger partial charge in [-0.1, -0.05) is 48.2 Å². The highest BCUT2D eigenvalue weighted by molar-refractivity contribution is 7.98. The molecule has 3 aromatic heterocycles. The summed E-state index contributed by atoms with van der Waals surface area (Å²) in [7, 11) is 0. The van der Waals surface area contributed by atoms with Gasteiger partial charge < -0.3 is 0 Å². The van der Waals surface area contributed by atoms with E-state index in [0.717, 1.165) is 16.8 Å². The lowest BCUT2D eigenvalue weighted by molar-refractivity contribution is 0.786. The van der Waals surface area contributed by atoms with Crippen LogP contribution in [0.4, 0.5) is 0 Å². The Morgan fingerprint density at radius 3 is 2.71 bits per heavy atom. The summed E-state index contributed by atoms with van der Waals surface area (Å²) in [6, 6.07) is 15.5. The number of hydrogen-bond donors (Lipinski definition) is 1. The molecule has 0 amide bonds. The first-order valence-electron chi connectivity index (χ1n) is 7.37. The molecule has 0 atom stereocenters. The van der Waals surface area contributed by atoms with E-state index in [1.807, 2.05) is 48.5 Å². The van der Waals surface area contributed by atoms with Crippen molar-refractivity contribution in [2.75, 3.05) is 0 Å². The van der Waals surface area contributed by atoms with Gasteiger partial charge >= 0.3 is 5.69 Å². The molecule has 0 aliphatic carbocycles. The van der Waals surface area contributed by atoms with E-state index in [2.05, 4.69) is 20.1 Å². The monoisotopic (exact) mass is 335 g/mol. The standard InChI is InChI=1S/C17H13N5OS/c23-17-21-16(24-11-13-8-4-5-9-18-13)20-15-14(10-19-22(15)17)12-6-2-1-3-7-12/h1-10H,11H2,(H,20,21,23). The molecule has 6 nitrogen and oxygen atoms in total. The second-order valence-electron chi connectivity index (χ2n) is 5.12. The van der Waals surface area contributed by atoms with Crippen LogP contribution in [0.3, 0.4) is 0 Å². The van der Waals surface area contributed by atoms with Crippen molar-refractivity contribution >= 4 is 17.4 Å². The summed E-state index contributed by atoms with van der Waals surface area (Å²) in [5.41, 5.74) is 2.99. The molecule has 1 N–H and O–H groups in total. The summed E-state index contributed by atoms with van der Waals surface area (Å²) in [5, 5.41) is 4.69. The van der Waals surface area contributed by atoms with Crippen molar-refractivity contribution in [2.45, 2.75) is 10.9 Å². The molecule has 118 valence electrons. The van der Waals surface area contributed by atoms with Gasteiger partial charge in [0.15, 0.2) is 10.8 Å². The molecular weight excluding hydrogens is 322 g/mol. The zero-order valence-corrected chi connectivity index (χ0v) is 13.4. The first kappa shape index (κ1) is 14.6. The van der Waals surface area contributed by atoms with Crippen LogP contribution in [0.25, 0.3) is 16.8 Å². The Balaban J connectivity index is 1.72. The average Bonchev–Trinajstić information content (AvgIpc) is 3.06. The van der Waals surface area contributed by atoms with Gasteiger partial charge in [-0.25, -0.2) is 9.78 Å². The van der Waals surface area contributed by atoms with Gasteiger partial charge in [0.1, 0.15) is 0 Å². The summed E-state index contributed by atoms with van der Waals surface area (Å²) >= 11 is 1.44. The summed E-state index contributed by atoms with van der Waals surface area (Å²) in [6.07, 6.45) is 3.42. The Hall–Kier alpha value is -2.93. The fourth-order valence-corrected chi connectivity index (χ4v) is 3.15. The van der Waals surface area contributed by atoms with E-state index in [0.29, 0.717) is 16.6 Å². The molecule has 1 aromatic carbocycles. The van der Waals surface area contributed by atoms with Crippen LogP contribution in [0.15, 0.2) is 70.9 Å². The maximum atomic E-state index is 12.2. The van der Waals surface area contributed by atoms with E-state index in [4.69, 9.17) is 0 Å². The summed E-state index contributed by atoms with van der Waals surface area (Å²) < 4.78 is 1.28. The van der Waals surface area contributed by atoms with Crippen LogP contribution < -0.4 is 5.69 Å². The second-order valence-corrected chi connectivity index (χ2v) is 6.08. The molecule has 0 saturated heterocycles. The van der Waals surface area contributed by atoms with E-state index in [9.17, 15) is 4.79 Å². The number of aromatic nitrogens is 5. The number of fused-ring (bicyclic) bond motifs is 1. The van der Waals surface area contributed by atoms with Crippen molar-refractivity contribution in [1.29, 1.82) is 0 Å². The molecule has 0 saturated carbocycles. The topological polar surface area (TPSA) is 75.9 Å². The van der Waals surface area contributed by atoms with E-state index < -0.39 is 0 Å². The van der Waals surface area contributed by atoms with Crippen LogP contribution in [-0.2, 0) is 5.75 Å². The van der Waals surface area contributed by atoms with Crippen molar-refractivity contribution in [3.8, 4) is 11.1 Å². The highest BCUT2D eigenvalue weighted by atomic mass is 32.2. The molecule has 0 radical (unpaired) electrons. The van der Waals surface area contributed by atoms with Crippen LogP contribution in [0.2, 0.25) is 0 Å². The van der Waals surface area contributed by atoms with Gasteiger partial charge in [-0.15, -0.1) is 0 Å². The van der Waals surface area contributed by atoms with Crippen LogP contribution in [-0.4, -0.2) is 24.6 Å². The fourth-order valence-electron chi connectivity index (χ4n) is 2.38. The maximum Gasteiger partial charge on any atom is 0.350 e. The van der Waals surface area contributed by atoms with E-state index in [-0.39, 0.29) is 5.69 Å². The Morgan fingerprint density at radius 2 is 1.92 bits per heavy atom. The van der Waals surface area contributed by atoms with E-state index in [1.54, 1.807) is 12.4 Å². The third kappa shape index (κ3) is 2.81. The van der Waals surface area contributed by atoms with Gasteiger partial charge in [0.25, 0.3) is 0 Å². The first-order valence-corrected chi connectivity index (χ1v) is 8.36. The second kappa shape index (κ2) is 6.29. The quantitative estimate of drug-likeness (QED) is 0.580. The number of aromatic amines is 1. The molecule has 4 aromatic rings. The largest absolute Gasteiger partial charge is 0.350 e. The van der Waals surface area contributed by atoms with Gasteiger partial charge in [-0.05, 0) is 17.7 Å². The molecule has 0 aliphatic heterocycles. The Bertz CT molecular complexity index is 1030. The molecule has 0 unspecified atom stereocenters. The lowest BCUT2D eigenvalue weighted by atomic mass is 10.1. The lowest BCUT2D eigenvalue weighted by Crippen LogP contribution is -2.19. The predicted molar refractivity (Wildman–Crippen MR) is 92.8 cm³/mol. The first-order chi connectivity index (χ1) is 11.8. The average molecular weight is 335 g/mol. The smallest absolute Gasteiger partial charge is 0.285 e. The predicted octanol–water partition coefficient (Wildman–Crippen LogP) is 2.77. The van der Waals surface area contributed by atoms with Crippen LogP contribution in [0.1, 0.15) is 5.69 Å². The minimum atomic E-state index is -0.300.